The van der Waals surface area contributed by atoms with Crippen LogP contribution in [-0.4, -0.2) is 6.04 Å². The van der Waals surface area contributed by atoms with Crippen molar-refractivity contribution in [3.8, 4) is 0 Å². The highest BCUT2D eigenvalue weighted by Crippen LogP contribution is 2.20. The van der Waals surface area contributed by atoms with Crippen LogP contribution in [0.1, 0.15) is 12.5 Å². The maximum absolute atomic E-state index is 13.1. The maximum atomic E-state index is 13.1. The van der Waals surface area contributed by atoms with Crippen molar-refractivity contribution in [1.82, 2.24) is 0 Å². The van der Waals surface area contributed by atoms with Crippen molar-refractivity contribution in [1.29, 1.82) is 0 Å². The van der Waals surface area contributed by atoms with Crippen molar-refractivity contribution in [2.24, 2.45) is 5.73 Å². The Morgan fingerprint density at radius 2 is 1.79 bits per heavy atom. The molecule has 1 unspecified atom stereocenters. The van der Waals surface area contributed by atoms with E-state index in [9.17, 15) is 8.78 Å². The molecule has 0 saturated heterocycles. The van der Waals surface area contributed by atoms with Gasteiger partial charge in [-0.3, -0.25) is 0 Å². The minimum absolute atomic E-state index is 0. The van der Waals surface area contributed by atoms with E-state index in [1.165, 1.54) is 12.1 Å². The Balaban J connectivity index is 0.00000169. The van der Waals surface area contributed by atoms with Crippen LogP contribution in [0.15, 0.2) is 16.6 Å². The smallest absolute Gasteiger partial charge is 0.130 e. The molecule has 0 aliphatic heterocycles. The molecular weight excluding hydrogens is 275 g/mol. The van der Waals surface area contributed by atoms with Crippen LogP contribution in [-0.2, 0) is 6.42 Å². The van der Waals surface area contributed by atoms with Gasteiger partial charge in [0.1, 0.15) is 11.6 Å². The van der Waals surface area contributed by atoms with E-state index >= 15 is 0 Å². The van der Waals surface area contributed by atoms with E-state index in [0.29, 0.717) is 4.47 Å². The predicted molar refractivity (Wildman–Crippen MR) is 58.7 cm³/mol. The fraction of sp³-hybridized carbons (Fsp3) is 0.333. The summed E-state index contributed by atoms with van der Waals surface area (Å²) < 4.78 is 26.7. The summed E-state index contributed by atoms with van der Waals surface area (Å²) in [6, 6.07) is 2.23. The summed E-state index contributed by atoms with van der Waals surface area (Å²) in [6.45, 7) is 1.71. The molecule has 1 rings (SSSR count). The summed E-state index contributed by atoms with van der Waals surface area (Å²) >= 11 is 3.00. The van der Waals surface area contributed by atoms with E-state index in [1.807, 2.05) is 0 Å². The fourth-order valence-electron chi connectivity index (χ4n) is 1.09. The maximum Gasteiger partial charge on any atom is 0.130 e. The van der Waals surface area contributed by atoms with Crippen LogP contribution in [0.3, 0.4) is 0 Å². The lowest BCUT2D eigenvalue weighted by molar-refractivity contribution is 0.541. The standard InChI is InChI=1S/C9H10BrF2N.ClH/c1-5(13)2-7-8(11)3-6(10)4-9(7)12;/h3-5H,2,13H2,1H3;1H. The topological polar surface area (TPSA) is 26.0 Å². The molecule has 1 nitrogen and oxygen atoms in total. The van der Waals surface area contributed by atoms with Crippen LogP contribution < -0.4 is 5.73 Å². The molecule has 1 aromatic carbocycles. The van der Waals surface area contributed by atoms with Gasteiger partial charge < -0.3 is 5.73 Å². The third-order valence-corrected chi connectivity index (χ3v) is 2.09. The van der Waals surface area contributed by atoms with Crippen molar-refractivity contribution in [2.75, 3.05) is 0 Å². The minimum Gasteiger partial charge on any atom is -0.328 e. The zero-order chi connectivity index (χ0) is 10.0. The van der Waals surface area contributed by atoms with Crippen molar-refractivity contribution in [3.05, 3.63) is 33.8 Å². The average molecular weight is 287 g/mol. The number of rotatable bonds is 2. The van der Waals surface area contributed by atoms with Gasteiger partial charge in [0.25, 0.3) is 0 Å². The first-order valence-electron chi connectivity index (χ1n) is 3.89. The van der Waals surface area contributed by atoms with E-state index in [-0.39, 0.29) is 30.4 Å². The number of hydrogen-bond acceptors (Lipinski definition) is 1. The molecule has 0 aromatic heterocycles. The molecule has 5 heteroatoms. The lowest BCUT2D eigenvalue weighted by Gasteiger charge is -2.07. The van der Waals surface area contributed by atoms with Gasteiger partial charge >= 0.3 is 0 Å². The second-order valence-electron chi connectivity index (χ2n) is 3.03. The highest BCUT2D eigenvalue weighted by atomic mass is 79.9. The van der Waals surface area contributed by atoms with Gasteiger partial charge in [-0.25, -0.2) is 8.78 Å². The lowest BCUT2D eigenvalue weighted by Crippen LogP contribution is -2.19. The second-order valence-corrected chi connectivity index (χ2v) is 3.95. The molecule has 1 atom stereocenters. The molecule has 0 aliphatic carbocycles. The molecule has 2 N–H and O–H groups in total. The van der Waals surface area contributed by atoms with Crippen molar-refractivity contribution in [3.63, 3.8) is 0 Å². The lowest BCUT2D eigenvalue weighted by atomic mass is 10.1. The Morgan fingerprint density at radius 3 is 2.14 bits per heavy atom. The summed E-state index contributed by atoms with van der Waals surface area (Å²) in [5.74, 6) is -1.10. The molecule has 0 bridgehead atoms. The third kappa shape index (κ3) is 3.52. The van der Waals surface area contributed by atoms with Crippen molar-refractivity contribution >= 4 is 28.3 Å². The zero-order valence-corrected chi connectivity index (χ0v) is 9.96. The third-order valence-electron chi connectivity index (χ3n) is 1.63. The first kappa shape index (κ1) is 13.8. The van der Waals surface area contributed by atoms with Crippen LogP contribution in [0.2, 0.25) is 0 Å². The molecule has 0 amide bonds. The first-order chi connectivity index (χ1) is 6.00. The Kier molecular flexibility index (Phi) is 5.56. The Hall–Kier alpha value is -0.190. The zero-order valence-electron chi connectivity index (χ0n) is 7.56. The molecule has 0 aliphatic rings. The molecule has 0 fully saturated rings. The predicted octanol–water partition coefficient (Wildman–Crippen LogP) is 3.04. The van der Waals surface area contributed by atoms with Gasteiger partial charge in [-0.2, -0.15) is 0 Å². The van der Waals surface area contributed by atoms with E-state index in [2.05, 4.69) is 15.9 Å². The normalized spacial score (nSPS) is 12.1. The Labute approximate surface area is 96.2 Å². The quantitative estimate of drug-likeness (QED) is 0.888. The van der Waals surface area contributed by atoms with Gasteiger partial charge in [0.05, 0.1) is 0 Å². The van der Waals surface area contributed by atoms with Gasteiger partial charge in [-0.1, -0.05) is 15.9 Å². The molecular formula is C9H11BrClF2N. The van der Waals surface area contributed by atoms with Gasteiger partial charge in [0.15, 0.2) is 0 Å². The van der Waals surface area contributed by atoms with E-state index in [0.717, 1.165) is 0 Å². The molecule has 0 heterocycles. The fourth-order valence-corrected chi connectivity index (χ4v) is 1.49. The summed E-state index contributed by atoms with van der Waals surface area (Å²) in [5.41, 5.74) is 5.51. The highest BCUT2D eigenvalue weighted by molar-refractivity contribution is 9.10. The largest absolute Gasteiger partial charge is 0.328 e. The minimum atomic E-state index is -0.552. The van der Waals surface area contributed by atoms with E-state index < -0.39 is 11.6 Å². The van der Waals surface area contributed by atoms with Crippen LogP contribution in [0, 0.1) is 11.6 Å². The average Bonchev–Trinajstić information content (AvgIpc) is 1.96. The van der Waals surface area contributed by atoms with Crippen molar-refractivity contribution < 1.29 is 8.78 Å². The first-order valence-corrected chi connectivity index (χ1v) is 4.69. The molecule has 1 aromatic rings. The van der Waals surface area contributed by atoms with E-state index in [4.69, 9.17) is 5.73 Å². The van der Waals surface area contributed by atoms with Crippen LogP contribution >= 0.6 is 28.3 Å². The van der Waals surface area contributed by atoms with Crippen molar-refractivity contribution in [2.45, 2.75) is 19.4 Å². The van der Waals surface area contributed by atoms with E-state index in [1.54, 1.807) is 6.92 Å². The number of hydrogen-bond donors (Lipinski definition) is 1. The summed E-state index contributed by atoms with van der Waals surface area (Å²) in [7, 11) is 0. The molecule has 14 heavy (non-hydrogen) atoms. The van der Waals surface area contributed by atoms with Crippen LogP contribution in [0.4, 0.5) is 8.78 Å². The van der Waals surface area contributed by atoms with Crippen LogP contribution in [0.5, 0.6) is 0 Å². The number of benzene rings is 1. The monoisotopic (exact) mass is 285 g/mol. The number of nitrogens with two attached hydrogens (primary N) is 1. The SMILES string of the molecule is CC(N)Cc1c(F)cc(Br)cc1F.Cl. The van der Waals surface area contributed by atoms with Gasteiger partial charge in [-0.15, -0.1) is 12.4 Å². The molecule has 0 radical (unpaired) electrons. The number of halogens is 4. The van der Waals surface area contributed by atoms with Gasteiger partial charge in [0.2, 0.25) is 0 Å². The van der Waals surface area contributed by atoms with Crippen LogP contribution in [0.25, 0.3) is 0 Å². The summed E-state index contributed by atoms with van der Waals surface area (Å²) in [5, 5.41) is 0. The summed E-state index contributed by atoms with van der Waals surface area (Å²) in [4.78, 5) is 0. The highest BCUT2D eigenvalue weighted by Gasteiger charge is 2.11. The van der Waals surface area contributed by atoms with Gasteiger partial charge in [-0.05, 0) is 25.5 Å². The Bertz CT molecular complexity index is 295. The molecule has 80 valence electrons. The molecule has 0 saturated carbocycles. The molecule has 0 spiro atoms. The summed E-state index contributed by atoms with van der Waals surface area (Å²) in [6.07, 6.45) is 0.213. The second kappa shape index (κ2) is 5.63. The Morgan fingerprint density at radius 1 is 1.36 bits per heavy atom. The van der Waals surface area contributed by atoms with Gasteiger partial charge in [0, 0.05) is 16.1 Å².